The lowest BCUT2D eigenvalue weighted by atomic mass is 9.85. The van der Waals surface area contributed by atoms with Crippen molar-refractivity contribution in [1.82, 2.24) is 5.32 Å². The summed E-state index contributed by atoms with van der Waals surface area (Å²) in [6, 6.07) is 0.563. The van der Waals surface area contributed by atoms with Crippen molar-refractivity contribution in [2.45, 2.75) is 57.4 Å². The highest BCUT2D eigenvalue weighted by Gasteiger charge is 2.25. The van der Waals surface area contributed by atoms with E-state index in [9.17, 15) is 0 Å². The van der Waals surface area contributed by atoms with Gasteiger partial charge in [-0.25, -0.2) is 0 Å². The largest absolute Gasteiger partial charge is 0.381 e. The average molecular weight is 237 g/mol. The number of hydrogen-bond acceptors (Lipinski definition) is 2. The lowest BCUT2D eigenvalue weighted by Crippen LogP contribution is -2.39. The van der Waals surface area contributed by atoms with Gasteiger partial charge in [0.15, 0.2) is 0 Å². The Kier molecular flexibility index (Phi) is 5.53. The van der Waals surface area contributed by atoms with Gasteiger partial charge in [-0.2, -0.15) is 0 Å². The molecule has 2 aliphatic rings. The van der Waals surface area contributed by atoms with Gasteiger partial charge in [-0.15, -0.1) is 0 Å². The highest BCUT2D eigenvalue weighted by Crippen LogP contribution is 2.27. The van der Waals surface area contributed by atoms with Crippen LogP contribution in [0, 0.1) is 5.92 Å². The predicted octanol–water partition coefficient (Wildman–Crippen LogP) is 3.28. The molecule has 1 fully saturated rings. The van der Waals surface area contributed by atoms with Crippen LogP contribution in [0.15, 0.2) is 11.6 Å². The summed E-state index contributed by atoms with van der Waals surface area (Å²) in [5.41, 5.74) is 1.66. The summed E-state index contributed by atoms with van der Waals surface area (Å²) in [5.74, 6) is 0.694. The molecule has 2 unspecified atom stereocenters. The fraction of sp³-hybridized carbons (Fsp3) is 0.867. The van der Waals surface area contributed by atoms with Crippen LogP contribution in [0.4, 0.5) is 0 Å². The van der Waals surface area contributed by atoms with Crippen LogP contribution in [0.2, 0.25) is 0 Å². The van der Waals surface area contributed by atoms with E-state index in [0.29, 0.717) is 12.0 Å². The maximum Gasteiger partial charge on any atom is 0.0512 e. The van der Waals surface area contributed by atoms with Crippen molar-refractivity contribution in [2.75, 3.05) is 20.3 Å². The van der Waals surface area contributed by atoms with Gasteiger partial charge in [0, 0.05) is 18.6 Å². The number of rotatable bonds is 3. The van der Waals surface area contributed by atoms with Crippen molar-refractivity contribution < 1.29 is 4.74 Å². The molecule has 1 aliphatic carbocycles. The highest BCUT2D eigenvalue weighted by molar-refractivity contribution is 5.13. The van der Waals surface area contributed by atoms with Crippen LogP contribution >= 0.6 is 0 Å². The van der Waals surface area contributed by atoms with E-state index in [4.69, 9.17) is 4.74 Å². The van der Waals surface area contributed by atoms with Crippen molar-refractivity contribution in [3.05, 3.63) is 11.6 Å². The topological polar surface area (TPSA) is 21.3 Å². The number of allylic oxidation sites excluding steroid dienone is 1. The molecule has 0 aromatic carbocycles. The molecule has 2 nitrogen and oxygen atoms in total. The highest BCUT2D eigenvalue weighted by atomic mass is 16.5. The first-order valence-corrected chi connectivity index (χ1v) is 7.36. The first kappa shape index (κ1) is 13.1. The standard InChI is InChI=1S/C15H27NO/c1-16-15(14-10-7-11-17-12-14)13-8-5-3-2-4-6-9-13/h8,14-16H,2-7,9-12H2,1H3. The van der Waals surface area contributed by atoms with E-state index < -0.39 is 0 Å². The van der Waals surface area contributed by atoms with Gasteiger partial charge in [0.1, 0.15) is 0 Å². The van der Waals surface area contributed by atoms with Crippen LogP contribution in [0.5, 0.6) is 0 Å². The molecule has 0 spiro atoms. The molecule has 0 aromatic heterocycles. The van der Waals surface area contributed by atoms with Crippen LogP contribution in [0.3, 0.4) is 0 Å². The fourth-order valence-corrected chi connectivity index (χ4v) is 3.25. The minimum absolute atomic E-state index is 0.563. The predicted molar refractivity (Wildman–Crippen MR) is 72.2 cm³/mol. The Labute approximate surface area is 106 Å². The smallest absolute Gasteiger partial charge is 0.0512 e. The molecule has 1 saturated heterocycles. The summed E-state index contributed by atoms with van der Waals surface area (Å²) in [6.07, 6.45) is 13.2. The number of hydrogen-bond donors (Lipinski definition) is 1. The van der Waals surface area contributed by atoms with Crippen LogP contribution in [0.1, 0.15) is 51.4 Å². The van der Waals surface area contributed by atoms with E-state index in [1.165, 1.54) is 51.4 Å². The second-order valence-electron chi connectivity index (χ2n) is 5.48. The Morgan fingerprint density at radius 3 is 2.88 bits per heavy atom. The van der Waals surface area contributed by atoms with Gasteiger partial charge in [-0.05, 0) is 45.6 Å². The normalized spacial score (nSPS) is 29.0. The van der Waals surface area contributed by atoms with E-state index >= 15 is 0 Å². The molecular formula is C15H27NO. The van der Waals surface area contributed by atoms with Gasteiger partial charge in [0.05, 0.1) is 6.61 Å². The third-order valence-electron chi connectivity index (χ3n) is 4.20. The van der Waals surface area contributed by atoms with E-state index in [2.05, 4.69) is 18.4 Å². The SMILES string of the molecule is CNC(C1=CCCCCCC1)C1CCCOC1. The molecular weight excluding hydrogens is 210 g/mol. The summed E-state index contributed by atoms with van der Waals surface area (Å²) < 4.78 is 5.64. The van der Waals surface area contributed by atoms with Gasteiger partial charge in [-0.1, -0.05) is 24.5 Å². The molecule has 0 amide bonds. The number of nitrogens with one attached hydrogen (secondary N) is 1. The van der Waals surface area contributed by atoms with Gasteiger partial charge in [0.2, 0.25) is 0 Å². The molecule has 1 heterocycles. The van der Waals surface area contributed by atoms with Crippen LogP contribution < -0.4 is 5.32 Å². The molecule has 0 aromatic rings. The Balaban J connectivity index is 1.98. The van der Waals surface area contributed by atoms with Crippen molar-refractivity contribution in [3.63, 3.8) is 0 Å². The van der Waals surface area contributed by atoms with E-state index in [0.717, 1.165) is 13.2 Å². The Morgan fingerprint density at radius 2 is 2.12 bits per heavy atom. The maximum absolute atomic E-state index is 5.64. The molecule has 0 bridgehead atoms. The summed E-state index contributed by atoms with van der Waals surface area (Å²) in [6.45, 7) is 1.91. The zero-order valence-corrected chi connectivity index (χ0v) is 11.2. The van der Waals surface area contributed by atoms with Gasteiger partial charge >= 0.3 is 0 Å². The molecule has 17 heavy (non-hydrogen) atoms. The summed E-state index contributed by atoms with van der Waals surface area (Å²) in [7, 11) is 2.11. The lowest BCUT2D eigenvalue weighted by Gasteiger charge is -2.32. The molecule has 98 valence electrons. The minimum Gasteiger partial charge on any atom is -0.381 e. The van der Waals surface area contributed by atoms with Gasteiger partial charge in [0.25, 0.3) is 0 Å². The van der Waals surface area contributed by atoms with E-state index in [1.54, 1.807) is 5.57 Å². The van der Waals surface area contributed by atoms with Crippen LogP contribution in [-0.2, 0) is 4.74 Å². The third-order valence-corrected chi connectivity index (χ3v) is 4.20. The van der Waals surface area contributed by atoms with Gasteiger partial charge in [-0.3, -0.25) is 0 Å². The molecule has 2 atom stereocenters. The average Bonchev–Trinajstić information content (AvgIpc) is 2.34. The summed E-state index contributed by atoms with van der Waals surface area (Å²) in [4.78, 5) is 0. The van der Waals surface area contributed by atoms with Gasteiger partial charge < -0.3 is 10.1 Å². The monoisotopic (exact) mass is 237 g/mol. The van der Waals surface area contributed by atoms with Crippen molar-refractivity contribution in [2.24, 2.45) is 5.92 Å². The third kappa shape index (κ3) is 3.82. The summed E-state index contributed by atoms with van der Waals surface area (Å²) in [5, 5.41) is 3.54. The second kappa shape index (κ2) is 7.17. The van der Waals surface area contributed by atoms with E-state index in [-0.39, 0.29) is 0 Å². The quantitative estimate of drug-likeness (QED) is 0.761. The maximum atomic E-state index is 5.64. The first-order chi connectivity index (χ1) is 8.42. The molecule has 2 heteroatoms. The minimum atomic E-state index is 0.563. The zero-order valence-electron chi connectivity index (χ0n) is 11.2. The van der Waals surface area contributed by atoms with Crippen LogP contribution in [-0.4, -0.2) is 26.3 Å². The lowest BCUT2D eigenvalue weighted by molar-refractivity contribution is 0.0448. The van der Waals surface area contributed by atoms with Crippen molar-refractivity contribution in [1.29, 1.82) is 0 Å². The Hall–Kier alpha value is -0.340. The molecule has 1 N–H and O–H groups in total. The number of likely N-dealkylation sites (N-methyl/N-ethyl adjacent to an activating group) is 1. The van der Waals surface area contributed by atoms with Crippen LogP contribution in [0.25, 0.3) is 0 Å². The zero-order chi connectivity index (χ0) is 11.9. The number of ether oxygens (including phenoxy) is 1. The molecule has 0 radical (unpaired) electrons. The molecule has 1 aliphatic heterocycles. The first-order valence-electron chi connectivity index (χ1n) is 7.36. The Bertz CT molecular complexity index is 243. The van der Waals surface area contributed by atoms with Crippen molar-refractivity contribution >= 4 is 0 Å². The van der Waals surface area contributed by atoms with Crippen molar-refractivity contribution in [3.8, 4) is 0 Å². The molecule has 0 saturated carbocycles. The van der Waals surface area contributed by atoms with E-state index in [1.807, 2.05) is 0 Å². The molecule has 2 rings (SSSR count). The Morgan fingerprint density at radius 1 is 1.24 bits per heavy atom. The second-order valence-corrected chi connectivity index (χ2v) is 5.48. The fourth-order valence-electron chi connectivity index (χ4n) is 3.25. The summed E-state index contributed by atoms with van der Waals surface area (Å²) >= 11 is 0.